The van der Waals surface area contributed by atoms with Gasteiger partial charge >= 0.3 is 0 Å². The Kier molecular flexibility index (Phi) is 12.0. The minimum Gasteiger partial charge on any atom is -0.291 e. The molecule has 2 nitrogen and oxygen atoms in total. The summed E-state index contributed by atoms with van der Waals surface area (Å²) in [6.07, 6.45) is 19.1. The minimum absolute atomic E-state index is 0.630. The first-order valence-electron chi connectivity index (χ1n) is 11.0. The second-order valence-corrected chi connectivity index (χ2v) is 8.53. The lowest BCUT2D eigenvalue weighted by molar-refractivity contribution is 0.00643. The van der Waals surface area contributed by atoms with Gasteiger partial charge in [-0.2, -0.15) is 0 Å². The molecular weight excluding hydrogens is 292 g/mol. The molecule has 1 aliphatic carbocycles. The minimum atomic E-state index is 0.630. The summed E-state index contributed by atoms with van der Waals surface area (Å²) in [5.74, 6) is 0.858. The number of hydrogen-bond donors (Lipinski definition) is 0. The van der Waals surface area contributed by atoms with Crippen LogP contribution in [0, 0.1) is 5.92 Å². The van der Waals surface area contributed by atoms with Gasteiger partial charge in [0.2, 0.25) is 0 Å². The van der Waals surface area contributed by atoms with Crippen LogP contribution < -0.4 is 0 Å². The molecule has 0 saturated heterocycles. The Hall–Kier alpha value is -0.0800. The fourth-order valence-corrected chi connectivity index (χ4v) is 4.37. The monoisotopic (exact) mass is 338 g/mol. The Morgan fingerprint density at radius 1 is 0.792 bits per heavy atom. The van der Waals surface area contributed by atoms with Crippen molar-refractivity contribution in [3.63, 3.8) is 0 Å². The Morgan fingerprint density at radius 2 is 1.33 bits per heavy atom. The summed E-state index contributed by atoms with van der Waals surface area (Å²) in [6, 6.07) is 0.630. The first kappa shape index (κ1) is 22.0. The molecule has 1 unspecified atom stereocenters. The van der Waals surface area contributed by atoms with E-state index < -0.39 is 0 Å². The fraction of sp³-hybridized carbons (Fsp3) is 1.00. The molecule has 0 aliphatic heterocycles. The van der Waals surface area contributed by atoms with Gasteiger partial charge in [-0.05, 0) is 59.7 Å². The first-order chi connectivity index (χ1) is 11.6. The summed E-state index contributed by atoms with van der Waals surface area (Å²) in [5, 5.41) is 0. The van der Waals surface area contributed by atoms with Crippen LogP contribution in [0.3, 0.4) is 0 Å². The fourth-order valence-electron chi connectivity index (χ4n) is 4.37. The molecule has 1 aliphatic rings. The molecule has 0 radical (unpaired) electrons. The predicted octanol–water partition coefficient (Wildman–Crippen LogP) is 6.31. The highest BCUT2D eigenvalue weighted by atomic mass is 15.3. The number of unbranched alkanes of at least 4 members (excludes halogenated alkanes) is 4. The van der Waals surface area contributed by atoms with E-state index in [1.165, 1.54) is 90.0 Å². The molecule has 0 aromatic rings. The van der Waals surface area contributed by atoms with E-state index in [1.807, 2.05) is 0 Å². The Morgan fingerprint density at radius 3 is 1.88 bits per heavy atom. The van der Waals surface area contributed by atoms with Crippen molar-refractivity contribution in [1.29, 1.82) is 0 Å². The summed E-state index contributed by atoms with van der Waals surface area (Å²) in [5.41, 5.74) is 0. The van der Waals surface area contributed by atoms with Crippen molar-refractivity contribution in [1.82, 2.24) is 9.80 Å². The third-order valence-electron chi connectivity index (χ3n) is 6.12. The van der Waals surface area contributed by atoms with E-state index in [0.717, 1.165) is 5.92 Å². The highest BCUT2D eigenvalue weighted by Crippen LogP contribution is 2.29. The smallest absolute Gasteiger partial charge is 0.0648 e. The highest BCUT2D eigenvalue weighted by molar-refractivity contribution is 4.80. The summed E-state index contributed by atoms with van der Waals surface area (Å²) in [7, 11) is 4.74. The quantitative estimate of drug-likeness (QED) is 0.340. The molecule has 0 amide bonds. The molecular formula is C22H46N2. The third-order valence-corrected chi connectivity index (χ3v) is 6.12. The normalized spacial score (nSPS) is 19.5. The molecule has 144 valence electrons. The van der Waals surface area contributed by atoms with Gasteiger partial charge in [-0.15, -0.1) is 0 Å². The standard InChI is InChI=1S/C22H46N2/c1-6-7-8-13-16-19-23(4)22(24(5)20(2)3)21-17-14-11-9-10-12-15-18-21/h20-22H,6-19H2,1-5H3. The van der Waals surface area contributed by atoms with Crippen LogP contribution in [0.5, 0.6) is 0 Å². The van der Waals surface area contributed by atoms with Crippen LogP contribution in [-0.4, -0.2) is 42.6 Å². The first-order valence-corrected chi connectivity index (χ1v) is 11.0. The number of rotatable bonds is 10. The second kappa shape index (κ2) is 13.2. The lowest BCUT2D eigenvalue weighted by Crippen LogP contribution is -2.52. The van der Waals surface area contributed by atoms with E-state index >= 15 is 0 Å². The van der Waals surface area contributed by atoms with Gasteiger partial charge in [0, 0.05) is 6.04 Å². The zero-order valence-electron chi connectivity index (χ0n) is 17.5. The van der Waals surface area contributed by atoms with E-state index in [-0.39, 0.29) is 0 Å². The van der Waals surface area contributed by atoms with Gasteiger partial charge in [0.15, 0.2) is 0 Å². The second-order valence-electron chi connectivity index (χ2n) is 8.53. The SMILES string of the molecule is CCCCCCCN(C)C(C1CCCCCCCC1)N(C)C(C)C. The summed E-state index contributed by atoms with van der Waals surface area (Å²) in [4.78, 5) is 5.34. The molecule has 0 N–H and O–H groups in total. The van der Waals surface area contributed by atoms with E-state index in [1.54, 1.807) is 0 Å². The van der Waals surface area contributed by atoms with E-state index in [9.17, 15) is 0 Å². The van der Waals surface area contributed by atoms with Gasteiger partial charge in [0.25, 0.3) is 0 Å². The van der Waals surface area contributed by atoms with Crippen LogP contribution >= 0.6 is 0 Å². The largest absolute Gasteiger partial charge is 0.291 e. The van der Waals surface area contributed by atoms with Crippen molar-refractivity contribution in [2.75, 3.05) is 20.6 Å². The van der Waals surface area contributed by atoms with Crippen LogP contribution in [0.15, 0.2) is 0 Å². The maximum atomic E-state index is 2.69. The molecule has 0 heterocycles. The molecule has 1 atom stereocenters. The van der Waals surface area contributed by atoms with Crippen LogP contribution in [0.2, 0.25) is 0 Å². The molecule has 24 heavy (non-hydrogen) atoms. The van der Waals surface area contributed by atoms with Crippen molar-refractivity contribution in [3.8, 4) is 0 Å². The average Bonchev–Trinajstić information content (AvgIpc) is 2.69. The average molecular weight is 339 g/mol. The molecule has 1 rings (SSSR count). The Labute approximate surface area is 153 Å². The molecule has 1 saturated carbocycles. The maximum Gasteiger partial charge on any atom is 0.0648 e. The Bertz CT molecular complexity index is 280. The molecule has 0 aromatic heterocycles. The lowest BCUT2D eigenvalue weighted by Gasteiger charge is -2.43. The van der Waals surface area contributed by atoms with Gasteiger partial charge in [-0.3, -0.25) is 9.80 Å². The van der Waals surface area contributed by atoms with Gasteiger partial charge in [-0.1, -0.05) is 71.1 Å². The van der Waals surface area contributed by atoms with E-state index in [0.29, 0.717) is 12.2 Å². The number of nitrogens with zero attached hydrogens (tertiary/aromatic N) is 2. The van der Waals surface area contributed by atoms with E-state index in [2.05, 4.69) is 44.7 Å². The van der Waals surface area contributed by atoms with Crippen molar-refractivity contribution in [3.05, 3.63) is 0 Å². The van der Waals surface area contributed by atoms with Crippen molar-refractivity contribution in [2.45, 2.75) is 116 Å². The zero-order chi connectivity index (χ0) is 17.8. The summed E-state index contributed by atoms with van der Waals surface area (Å²) >= 11 is 0. The highest BCUT2D eigenvalue weighted by Gasteiger charge is 2.29. The topological polar surface area (TPSA) is 6.48 Å². The Balaban J connectivity index is 2.62. The van der Waals surface area contributed by atoms with Gasteiger partial charge in [-0.25, -0.2) is 0 Å². The molecule has 1 fully saturated rings. The van der Waals surface area contributed by atoms with Crippen molar-refractivity contribution in [2.24, 2.45) is 5.92 Å². The van der Waals surface area contributed by atoms with Crippen molar-refractivity contribution >= 4 is 0 Å². The third kappa shape index (κ3) is 8.34. The molecule has 0 spiro atoms. The summed E-state index contributed by atoms with van der Waals surface area (Å²) in [6.45, 7) is 8.29. The molecule has 2 heteroatoms. The van der Waals surface area contributed by atoms with E-state index in [4.69, 9.17) is 0 Å². The lowest BCUT2D eigenvalue weighted by atomic mass is 9.91. The van der Waals surface area contributed by atoms with Crippen molar-refractivity contribution < 1.29 is 0 Å². The zero-order valence-corrected chi connectivity index (χ0v) is 17.5. The van der Waals surface area contributed by atoms with Gasteiger partial charge in [0.1, 0.15) is 0 Å². The van der Waals surface area contributed by atoms with Crippen LogP contribution in [0.4, 0.5) is 0 Å². The summed E-state index contributed by atoms with van der Waals surface area (Å²) < 4.78 is 0. The predicted molar refractivity (Wildman–Crippen MR) is 109 cm³/mol. The van der Waals surface area contributed by atoms with Gasteiger partial charge < -0.3 is 0 Å². The maximum absolute atomic E-state index is 2.69. The van der Waals surface area contributed by atoms with Crippen LogP contribution in [0.1, 0.15) is 104 Å². The van der Waals surface area contributed by atoms with Gasteiger partial charge in [0.05, 0.1) is 6.17 Å². The molecule has 0 bridgehead atoms. The van der Waals surface area contributed by atoms with Crippen LogP contribution in [0.25, 0.3) is 0 Å². The van der Waals surface area contributed by atoms with Crippen LogP contribution in [-0.2, 0) is 0 Å². The number of hydrogen-bond acceptors (Lipinski definition) is 2. The molecule has 0 aromatic carbocycles.